The molecule has 9 nitrogen and oxygen atoms in total. The Balaban J connectivity index is 1.50. The molecule has 2 atom stereocenters. The van der Waals surface area contributed by atoms with Gasteiger partial charge >= 0.3 is 0 Å². The number of aromatic amines is 1. The van der Waals surface area contributed by atoms with Crippen molar-refractivity contribution in [1.82, 2.24) is 20.2 Å². The van der Waals surface area contributed by atoms with Gasteiger partial charge in [0.15, 0.2) is 11.6 Å². The highest BCUT2D eigenvalue weighted by atomic mass is 19.1. The first kappa shape index (κ1) is 25.2. The number of nitrogens with zero attached hydrogens (tertiary/aromatic N) is 2. The third-order valence-corrected chi connectivity index (χ3v) is 7.94. The lowest BCUT2D eigenvalue weighted by molar-refractivity contribution is -0.133. The number of carbonyl (C=O) groups excluding carboxylic acids is 2. The normalized spacial score (nSPS) is 21.1. The van der Waals surface area contributed by atoms with Gasteiger partial charge in [0.25, 0.3) is 5.91 Å². The molecule has 0 saturated carbocycles. The Hall–Kier alpha value is -4.08. The number of hydrogen-bond donors (Lipinski definition) is 3. The number of amides is 2. The summed E-state index contributed by atoms with van der Waals surface area (Å²) < 4.78 is 26.1. The molecule has 204 valence electrons. The lowest BCUT2D eigenvalue weighted by Crippen LogP contribution is -2.42. The number of para-hydroxylation sites is 1. The molecule has 0 radical (unpaired) electrons. The summed E-state index contributed by atoms with van der Waals surface area (Å²) in [5, 5.41) is 6.38. The fraction of sp³-hybridized carbons (Fsp3) is 0.414. The van der Waals surface area contributed by atoms with Crippen LogP contribution in [0.4, 0.5) is 15.8 Å². The van der Waals surface area contributed by atoms with Gasteiger partial charge < -0.3 is 30.0 Å². The third-order valence-electron chi connectivity index (χ3n) is 7.94. The third kappa shape index (κ3) is 4.79. The molecule has 10 heteroatoms. The second-order valence-electron chi connectivity index (χ2n) is 10.4. The van der Waals surface area contributed by atoms with E-state index < -0.39 is 5.82 Å². The number of fused-ring (bicyclic) bond motifs is 5. The first-order valence-corrected chi connectivity index (χ1v) is 13.5. The van der Waals surface area contributed by atoms with E-state index in [-0.39, 0.29) is 23.5 Å². The standard InChI is InChI=1S/C29H32FN5O4/c1-38-28-20(30)6-2-7-21(28)33-27-24-25-18(14-32-29(24)37)13-17-5-3-11-35(16-17)23(36)8-4-12-39-22-15-31-10-9-19(22)26(27)34-25/h2,6-7,9-10,15,17-18,33-34H,3-5,8,11-14,16H2,1H3,(H,32,37). The average Bonchev–Trinajstić information content (AvgIpc) is 3.32. The van der Waals surface area contributed by atoms with Crippen LogP contribution in [0.15, 0.2) is 36.7 Å². The summed E-state index contributed by atoms with van der Waals surface area (Å²) >= 11 is 0. The maximum absolute atomic E-state index is 14.6. The van der Waals surface area contributed by atoms with Crippen LogP contribution in [0.1, 0.15) is 54.1 Å². The fourth-order valence-corrected chi connectivity index (χ4v) is 6.10. The van der Waals surface area contributed by atoms with Crippen LogP contribution in [-0.4, -0.2) is 60.0 Å². The van der Waals surface area contributed by atoms with Crippen LogP contribution in [0.3, 0.4) is 0 Å². The molecular weight excluding hydrogens is 501 g/mol. The topological polar surface area (TPSA) is 109 Å². The molecule has 5 heterocycles. The molecule has 0 spiro atoms. The van der Waals surface area contributed by atoms with Gasteiger partial charge in [0.1, 0.15) is 5.75 Å². The molecule has 3 aromatic rings. The number of rotatable bonds is 3. The fourth-order valence-electron chi connectivity index (χ4n) is 6.10. The highest BCUT2D eigenvalue weighted by molar-refractivity contribution is 6.07. The van der Waals surface area contributed by atoms with E-state index in [2.05, 4.69) is 20.6 Å². The van der Waals surface area contributed by atoms with E-state index in [1.807, 2.05) is 11.0 Å². The molecule has 1 fully saturated rings. The van der Waals surface area contributed by atoms with Crippen LogP contribution < -0.4 is 20.1 Å². The first-order valence-electron chi connectivity index (χ1n) is 13.5. The van der Waals surface area contributed by atoms with E-state index in [1.165, 1.54) is 13.2 Å². The van der Waals surface area contributed by atoms with Crippen molar-refractivity contribution in [1.29, 1.82) is 0 Å². The second-order valence-corrected chi connectivity index (χ2v) is 10.4. The number of halogens is 1. The van der Waals surface area contributed by atoms with Crippen LogP contribution in [-0.2, 0) is 4.79 Å². The van der Waals surface area contributed by atoms with Crippen LogP contribution in [0.2, 0.25) is 0 Å². The van der Waals surface area contributed by atoms with Gasteiger partial charge in [-0.1, -0.05) is 6.07 Å². The van der Waals surface area contributed by atoms with E-state index in [0.717, 1.165) is 38.0 Å². The van der Waals surface area contributed by atoms with Crippen molar-refractivity contribution in [2.75, 3.05) is 38.7 Å². The number of ether oxygens (including phenoxy) is 2. The maximum Gasteiger partial charge on any atom is 0.255 e. The summed E-state index contributed by atoms with van der Waals surface area (Å²) in [7, 11) is 1.41. The largest absolute Gasteiger partial charge is 0.492 e. The summed E-state index contributed by atoms with van der Waals surface area (Å²) in [5.41, 5.74) is 3.62. The molecule has 2 aromatic heterocycles. The van der Waals surface area contributed by atoms with Crippen molar-refractivity contribution in [3.05, 3.63) is 53.7 Å². The predicted molar refractivity (Wildman–Crippen MR) is 144 cm³/mol. The summed E-state index contributed by atoms with van der Waals surface area (Å²) in [5.74, 6) is 0.404. The molecule has 3 aliphatic heterocycles. The number of H-pyrrole nitrogens is 1. The molecule has 3 aliphatic rings. The maximum atomic E-state index is 14.6. The van der Waals surface area contributed by atoms with E-state index >= 15 is 0 Å². The van der Waals surface area contributed by atoms with E-state index in [0.29, 0.717) is 65.9 Å². The Kier molecular flexibility index (Phi) is 6.85. The number of methoxy groups -OCH3 is 1. The van der Waals surface area contributed by atoms with Gasteiger partial charge in [-0.25, -0.2) is 4.39 Å². The summed E-state index contributed by atoms with van der Waals surface area (Å²) in [6.45, 7) is 2.36. The zero-order valence-corrected chi connectivity index (χ0v) is 21.9. The van der Waals surface area contributed by atoms with Crippen molar-refractivity contribution in [2.45, 2.75) is 38.0 Å². The van der Waals surface area contributed by atoms with Gasteiger partial charge in [-0.05, 0) is 49.8 Å². The summed E-state index contributed by atoms with van der Waals surface area (Å²) in [4.78, 5) is 36.1. The smallest absolute Gasteiger partial charge is 0.255 e. The van der Waals surface area contributed by atoms with Gasteiger partial charge in [0.2, 0.25) is 5.91 Å². The van der Waals surface area contributed by atoms with Crippen molar-refractivity contribution in [2.24, 2.45) is 5.92 Å². The molecule has 1 aromatic carbocycles. The minimum Gasteiger partial charge on any atom is -0.492 e. The number of pyridine rings is 1. The van der Waals surface area contributed by atoms with Crippen LogP contribution in [0.5, 0.6) is 11.5 Å². The lowest BCUT2D eigenvalue weighted by Gasteiger charge is -2.35. The minimum atomic E-state index is -0.505. The summed E-state index contributed by atoms with van der Waals surface area (Å²) in [6.07, 6.45) is 7.17. The monoisotopic (exact) mass is 533 g/mol. The van der Waals surface area contributed by atoms with Crippen LogP contribution in [0, 0.1) is 11.7 Å². The Morgan fingerprint density at radius 2 is 2.13 bits per heavy atom. The number of piperidine rings is 1. The highest BCUT2D eigenvalue weighted by Gasteiger charge is 2.36. The number of benzene rings is 1. The Morgan fingerprint density at radius 3 is 3.00 bits per heavy atom. The van der Waals surface area contributed by atoms with Gasteiger partial charge in [0.05, 0.1) is 42.5 Å². The van der Waals surface area contributed by atoms with Gasteiger partial charge in [-0.15, -0.1) is 0 Å². The highest BCUT2D eigenvalue weighted by Crippen LogP contribution is 2.45. The quantitative estimate of drug-likeness (QED) is 0.454. The Labute approximate surface area is 226 Å². The van der Waals surface area contributed by atoms with Crippen molar-refractivity contribution in [3.8, 4) is 22.8 Å². The van der Waals surface area contributed by atoms with E-state index in [9.17, 15) is 14.0 Å². The van der Waals surface area contributed by atoms with Crippen LogP contribution in [0.25, 0.3) is 11.3 Å². The number of aromatic nitrogens is 2. The van der Waals surface area contributed by atoms with Crippen molar-refractivity contribution >= 4 is 23.2 Å². The Bertz CT molecular complexity index is 1410. The average molecular weight is 534 g/mol. The SMILES string of the molecule is COc1c(F)cccc1Nc1c2[nH]c3c1C(=O)NCC3CC1CCCN(C1)C(=O)CCCOc1cnccc1-2. The van der Waals surface area contributed by atoms with Crippen molar-refractivity contribution < 1.29 is 23.5 Å². The molecule has 1 saturated heterocycles. The number of anilines is 2. The molecule has 4 bridgehead atoms. The molecule has 3 N–H and O–H groups in total. The zero-order chi connectivity index (χ0) is 26.9. The number of nitrogens with one attached hydrogen (secondary N) is 3. The lowest BCUT2D eigenvalue weighted by atomic mass is 9.84. The molecule has 6 rings (SSSR count). The molecule has 2 amide bonds. The van der Waals surface area contributed by atoms with E-state index in [4.69, 9.17) is 9.47 Å². The van der Waals surface area contributed by atoms with Crippen molar-refractivity contribution in [3.63, 3.8) is 0 Å². The molecule has 2 unspecified atom stereocenters. The van der Waals surface area contributed by atoms with Gasteiger partial charge in [-0.3, -0.25) is 14.6 Å². The number of hydrogen-bond acceptors (Lipinski definition) is 6. The van der Waals surface area contributed by atoms with E-state index in [1.54, 1.807) is 24.5 Å². The minimum absolute atomic E-state index is 0.0257. The Morgan fingerprint density at radius 1 is 1.23 bits per heavy atom. The predicted octanol–water partition coefficient (Wildman–Crippen LogP) is 4.60. The van der Waals surface area contributed by atoms with Crippen LogP contribution >= 0.6 is 0 Å². The van der Waals surface area contributed by atoms with Gasteiger partial charge in [-0.2, -0.15) is 0 Å². The number of carbonyl (C=O) groups is 2. The summed E-state index contributed by atoms with van der Waals surface area (Å²) in [6, 6.07) is 6.47. The molecule has 0 aliphatic carbocycles. The van der Waals surface area contributed by atoms with Gasteiger partial charge in [0, 0.05) is 49.4 Å². The first-order chi connectivity index (χ1) is 19.0. The molecular formula is C29H32FN5O4. The molecule has 39 heavy (non-hydrogen) atoms. The second kappa shape index (κ2) is 10.6. The zero-order valence-electron chi connectivity index (χ0n) is 21.9.